The summed E-state index contributed by atoms with van der Waals surface area (Å²) in [5, 5.41) is 6.73. The Bertz CT molecular complexity index is 736. The van der Waals surface area contributed by atoms with Crippen LogP contribution in [0.25, 0.3) is 0 Å². The quantitative estimate of drug-likeness (QED) is 0.409. The Kier molecular flexibility index (Phi) is 7.68. The SMILES string of the molecule is CN=C(NCc1ccc(C)c(F)c1)NC1CCN(c2ccccc2)C1.I. The van der Waals surface area contributed by atoms with Crippen molar-refractivity contribution >= 4 is 35.6 Å². The lowest BCUT2D eigenvalue weighted by Gasteiger charge is -2.20. The molecule has 140 valence electrons. The van der Waals surface area contributed by atoms with E-state index in [9.17, 15) is 4.39 Å². The summed E-state index contributed by atoms with van der Waals surface area (Å²) in [5.41, 5.74) is 2.83. The lowest BCUT2D eigenvalue weighted by molar-refractivity contribution is 0.614. The number of benzene rings is 2. The maximum atomic E-state index is 13.6. The fraction of sp³-hybridized carbons (Fsp3) is 0.350. The molecular formula is C20H26FIN4. The Balaban J connectivity index is 0.00000243. The lowest BCUT2D eigenvalue weighted by Crippen LogP contribution is -2.44. The van der Waals surface area contributed by atoms with Crippen LogP contribution in [0.2, 0.25) is 0 Å². The van der Waals surface area contributed by atoms with Crippen molar-refractivity contribution in [3.63, 3.8) is 0 Å². The zero-order chi connectivity index (χ0) is 17.6. The van der Waals surface area contributed by atoms with Crippen molar-refractivity contribution in [1.82, 2.24) is 10.6 Å². The Labute approximate surface area is 171 Å². The summed E-state index contributed by atoms with van der Waals surface area (Å²) in [6.07, 6.45) is 1.06. The highest BCUT2D eigenvalue weighted by Gasteiger charge is 2.23. The van der Waals surface area contributed by atoms with Crippen molar-refractivity contribution in [3.8, 4) is 0 Å². The molecule has 26 heavy (non-hydrogen) atoms. The van der Waals surface area contributed by atoms with Crippen LogP contribution in [0.1, 0.15) is 17.5 Å². The Hall–Kier alpha value is -1.83. The number of nitrogens with one attached hydrogen (secondary N) is 2. The van der Waals surface area contributed by atoms with Gasteiger partial charge in [-0.3, -0.25) is 4.99 Å². The smallest absolute Gasteiger partial charge is 0.191 e. The number of hydrogen-bond donors (Lipinski definition) is 2. The molecule has 1 fully saturated rings. The molecule has 1 saturated heterocycles. The van der Waals surface area contributed by atoms with Gasteiger partial charge in [0.05, 0.1) is 0 Å². The van der Waals surface area contributed by atoms with Crippen molar-refractivity contribution in [1.29, 1.82) is 0 Å². The standard InChI is InChI=1S/C20H25FN4.HI/c1-15-8-9-16(12-19(15)21)13-23-20(22-2)24-17-10-11-25(14-17)18-6-4-3-5-7-18;/h3-9,12,17H,10-11,13-14H2,1-2H3,(H2,22,23,24);1H. The predicted octanol–water partition coefficient (Wildman–Crippen LogP) is 3.70. The first kappa shape index (κ1) is 20.5. The minimum Gasteiger partial charge on any atom is -0.369 e. The van der Waals surface area contributed by atoms with E-state index in [4.69, 9.17) is 0 Å². The van der Waals surface area contributed by atoms with Gasteiger partial charge >= 0.3 is 0 Å². The average Bonchev–Trinajstić information content (AvgIpc) is 3.11. The minimum absolute atomic E-state index is 0. The molecule has 1 unspecified atom stereocenters. The van der Waals surface area contributed by atoms with Crippen LogP contribution in [0.4, 0.5) is 10.1 Å². The number of rotatable bonds is 4. The van der Waals surface area contributed by atoms with Crippen LogP contribution in [0.3, 0.4) is 0 Å². The van der Waals surface area contributed by atoms with E-state index in [2.05, 4.69) is 44.8 Å². The third-order valence-corrected chi connectivity index (χ3v) is 4.57. The van der Waals surface area contributed by atoms with Crippen molar-refractivity contribution in [2.24, 2.45) is 4.99 Å². The molecule has 0 bridgehead atoms. The molecule has 4 nitrogen and oxygen atoms in total. The van der Waals surface area contributed by atoms with Crippen molar-refractivity contribution < 1.29 is 4.39 Å². The number of halogens is 2. The van der Waals surface area contributed by atoms with Gasteiger partial charge in [0, 0.05) is 38.4 Å². The second kappa shape index (κ2) is 9.75. The highest BCUT2D eigenvalue weighted by molar-refractivity contribution is 14.0. The third kappa shape index (κ3) is 5.33. The van der Waals surface area contributed by atoms with Gasteiger partial charge in [0.15, 0.2) is 5.96 Å². The van der Waals surface area contributed by atoms with E-state index in [-0.39, 0.29) is 29.8 Å². The molecule has 2 N–H and O–H groups in total. The van der Waals surface area contributed by atoms with E-state index in [0.717, 1.165) is 31.0 Å². The van der Waals surface area contributed by atoms with Crippen molar-refractivity contribution in [2.75, 3.05) is 25.0 Å². The largest absolute Gasteiger partial charge is 0.369 e. The van der Waals surface area contributed by atoms with Gasteiger partial charge in [-0.25, -0.2) is 4.39 Å². The summed E-state index contributed by atoms with van der Waals surface area (Å²) < 4.78 is 13.6. The average molecular weight is 468 g/mol. The summed E-state index contributed by atoms with van der Waals surface area (Å²) in [7, 11) is 1.76. The summed E-state index contributed by atoms with van der Waals surface area (Å²) in [4.78, 5) is 6.66. The van der Waals surface area contributed by atoms with Gasteiger partial charge in [0.2, 0.25) is 0 Å². The molecule has 1 atom stereocenters. The molecule has 0 aliphatic carbocycles. The van der Waals surface area contributed by atoms with Crippen LogP contribution in [0, 0.1) is 12.7 Å². The molecule has 1 aliphatic rings. The predicted molar refractivity (Wildman–Crippen MR) is 117 cm³/mol. The van der Waals surface area contributed by atoms with Crippen LogP contribution >= 0.6 is 24.0 Å². The van der Waals surface area contributed by atoms with E-state index in [0.29, 0.717) is 18.2 Å². The Morgan fingerprint density at radius 2 is 2.00 bits per heavy atom. The van der Waals surface area contributed by atoms with Crippen LogP contribution in [-0.4, -0.2) is 32.1 Å². The highest BCUT2D eigenvalue weighted by Crippen LogP contribution is 2.19. The maximum absolute atomic E-state index is 13.6. The summed E-state index contributed by atoms with van der Waals surface area (Å²) >= 11 is 0. The number of nitrogens with zero attached hydrogens (tertiary/aromatic N) is 2. The van der Waals surface area contributed by atoms with E-state index in [1.165, 1.54) is 5.69 Å². The number of para-hydroxylation sites is 1. The Morgan fingerprint density at radius 3 is 2.69 bits per heavy atom. The zero-order valence-corrected chi connectivity index (χ0v) is 17.5. The Morgan fingerprint density at radius 1 is 1.23 bits per heavy atom. The number of aryl methyl sites for hydroxylation is 1. The van der Waals surface area contributed by atoms with E-state index >= 15 is 0 Å². The van der Waals surface area contributed by atoms with Gasteiger partial charge in [0.1, 0.15) is 5.82 Å². The van der Waals surface area contributed by atoms with Gasteiger partial charge < -0.3 is 15.5 Å². The van der Waals surface area contributed by atoms with Crippen LogP contribution < -0.4 is 15.5 Å². The van der Waals surface area contributed by atoms with Crippen LogP contribution in [-0.2, 0) is 6.54 Å². The van der Waals surface area contributed by atoms with E-state index in [1.54, 1.807) is 26.1 Å². The van der Waals surface area contributed by atoms with Crippen molar-refractivity contribution in [3.05, 3.63) is 65.5 Å². The third-order valence-electron chi connectivity index (χ3n) is 4.57. The molecule has 6 heteroatoms. The first-order valence-electron chi connectivity index (χ1n) is 8.68. The number of aliphatic imine (C=N–C) groups is 1. The summed E-state index contributed by atoms with van der Waals surface area (Å²) in [5.74, 6) is 0.581. The van der Waals surface area contributed by atoms with Crippen LogP contribution in [0.5, 0.6) is 0 Å². The molecular weight excluding hydrogens is 442 g/mol. The van der Waals surface area contributed by atoms with E-state index in [1.807, 2.05) is 12.1 Å². The molecule has 0 radical (unpaired) electrons. The number of anilines is 1. The van der Waals surface area contributed by atoms with Crippen molar-refractivity contribution in [2.45, 2.75) is 25.9 Å². The normalized spacial score (nSPS) is 17.0. The number of guanidine groups is 1. The molecule has 2 aromatic rings. The highest BCUT2D eigenvalue weighted by atomic mass is 127. The van der Waals surface area contributed by atoms with Gasteiger partial charge in [-0.15, -0.1) is 24.0 Å². The molecule has 0 aromatic heterocycles. The first-order valence-corrected chi connectivity index (χ1v) is 8.68. The van der Waals surface area contributed by atoms with Gasteiger partial charge in [-0.2, -0.15) is 0 Å². The summed E-state index contributed by atoms with van der Waals surface area (Å²) in [6, 6.07) is 16.1. The molecule has 0 saturated carbocycles. The fourth-order valence-electron chi connectivity index (χ4n) is 3.07. The molecule has 0 spiro atoms. The monoisotopic (exact) mass is 468 g/mol. The topological polar surface area (TPSA) is 39.7 Å². The zero-order valence-electron chi connectivity index (χ0n) is 15.2. The molecule has 3 rings (SSSR count). The second-order valence-electron chi connectivity index (χ2n) is 6.42. The minimum atomic E-state index is -0.170. The molecule has 1 heterocycles. The van der Waals surface area contributed by atoms with Gasteiger partial charge in [-0.1, -0.05) is 30.3 Å². The van der Waals surface area contributed by atoms with Crippen LogP contribution in [0.15, 0.2) is 53.5 Å². The molecule has 2 aromatic carbocycles. The lowest BCUT2D eigenvalue weighted by atomic mass is 10.1. The fourth-order valence-corrected chi connectivity index (χ4v) is 3.07. The maximum Gasteiger partial charge on any atom is 0.191 e. The molecule has 1 aliphatic heterocycles. The summed E-state index contributed by atoms with van der Waals surface area (Å²) in [6.45, 7) is 4.29. The second-order valence-corrected chi connectivity index (χ2v) is 6.42. The molecule has 0 amide bonds. The van der Waals surface area contributed by atoms with Gasteiger partial charge in [-0.05, 0) is 42.7 Å². The number of hydrogen-bond acceptors (Lipinski definition) is 2. The van der Waals surface area contributed by atoms with Gasteiger partial charge in [0.25, 0.3) is 0 Å². The van der Waals surface area contributed by atoms with E-state index < -0.39 is 0 Å². The first-order chi connectivity index (χ1) is 12.2.